The van der Waals surface area contributed by atoms with Crippen molar-refractivity contribution in [3.8, 4) is 17.2 Å². The van der Waals surface area contributed by atoms with Gasteiger partial charge < -0.3 is 20.4 Å². The summed E-state index contributed by atoms with van der Waals surface area (Å²) in [6.45, 7) is 36.1. The number of phenols is 3. The van der Waals surface area contributed by atoms with Gasteiger partial charge in [-0.3, -0.25) is 9.80 Å². The van der Waals surface area contributed by atoms with Crippen LogP contribution in [0.3, 0.4) is 0 Å². The van der Waals surface area contributed by atoms with Crippen LogP contribution < -0.4 is 0 Å². The first-order valence-corrected chi connectivity index (χ1v) is 20.2. The van der Waals surface area contributed by atoms with Gasteiger partial charge in [-0.1, -0.05) is 125 Å². The topological polar surface area (TPSA) is 125 Å². The molecule has 57 heavy (non-hydrogen) atoms. The summed E-state index contributed by atoms with van der Waals surface area (Å²) in [5.41, 5.74) is 3.77. The number of aliphatic hydroxyl groups excluding tert-OH is 1. The molecule has 0 saturated carbocycles. The van der Waals surface area contributed by atoms with Crippen molar-refractivity contribution in [2.75, 3.05) is 0 Å². The minimum atomic E-state index is -1.63. The van der Waals surface area contributed by atoms with Crippen molar-refractivity contribution < 1.29 is 30.0 Å². The smallest absolute Gasteiger partial charge is 0.332 e. The molecule has 1 saturated heterocycles. The Balaban J connectivity index is 1.95. The summed E-state index contributed by atoms with van der Waals surface area (Å²) < 4.78 is 0. The molecule has 4 amide bonds. The highest BCUT2D eigenvalue weighted by Gasteiger charge is 2.44. The highest BCUT2D eigenvalue weighted by Crippen LogP contribution is 2.43. The minimum absolute atomic E-state index is 0.0428. The standard InChI is InChI=1S/C48H71N3O6/c1-43(2,3)31-19-28(20-32(37(31)52)44(4,5)6)25-49-40(55)50(26-29-21-33(45(7,8)9)38(53)34(22-29)46(10,11)12)42(57)51(41(49)56)27-30-23-35(47(13,14)15)39(54)36(24-30)48(16,17)18/h19-24,40,52-55H,25-27H2,1-18H3. The van der Waals surface area contributed by atoms with Crippen LogP contribution in [0.4, 0.5) is 9.59 Å². The van der Waals surface area contributed by atoms with E-state index in [0.717, 1.165) is 22.3 Å². The number of carbonyl (C=O) groups is 2. The summed E-state index contributed by atoms with van der Waals surface area (Å²) in [5.74, 6) is 0.605. The van der Waals surface area contributed by atoms with E-state index >= 15 is 0 Å². The first-order valence-electron chi connectivity index (χ1n) is 20.2. The van der Waals surface area contributed by atoms with Crippen LogP contribution in [0.25, 0.3) is 0 Å². The van der Waals surface area contributed by atoms with Crippen LogP contribution in [-0.4, -0.2) is 53.5 Å². The zero-order valence-electron chi connectivity index (χ0n) is 38.1. The number of rotatable bonds is 6. The fourth-order valence-corrected chi connectivity index (χ4v) is 7.55. The number of hydrogen-bond donors (Lipinski definition) is 4. The molecular weight excluding hydrogens is 715 g/mol. The predicted octanol–water partition coefficient (Wildman–Crippen LogP) is 10.9. The van der Waals surface area contributed by atoms with Gasteiger partial charge in [-0.05, 0) is 119 Å². The first-order chi connectivity index (χ1) is 25.5. The second-order valence-corrected chi connectivity index (χ2v) is 22.4. The molecule has 1 aliphatic rings. The van der Waals surface area contributed by atoms with Gasteiger partial charge >= 0.3 is 12.1 Å². The molecule has 1 heterocycles. The first kappa shape index (κ1) is 45.5. The highest BCUT2D eigenvalue weighted by atomic mass is 16.3. The molecule has 0 bridgehead atoms. The van der Waals surface area contributed by atoms with Gasteiger partial charge in [0.1, 0.15) is 17.2 Å². The number of phenolic OH excluding ortho intramolecular Hbond substituents is 3. The second-order valence-electron chi connectivity index (χ2n) is 22.4. The number of aliphatic hydroxyl groups is 1. The molecule has 0 aliphatic carbocycles. The van der Waals surface area contributed by atoms with E-state index in [1.165, 1.54) is 14.7 Å². The lowest BCUT2D eigenvalue weighted by Crippen LogP contribution is -2.65. The summed E-state index contributed by atoms with van der Waals surface area (Å²) >= 11 is 0. The summed E-state index contributed by atoms with van der Waals surface area (Å²) in [6, 6.07) is 9.93. The lowest BCUT2D eigenvalue weighted by Gasteiger charge is -2.45. The van der Waals surface area contributed by atoms with Crippen molar-refractivity contribution in [2.45, 2.75) is 183 Å². The summed E-state index contributed by atoms with van der Waals surface area (Å²) in [7, 11) is 0. The summed E-state index contributed by atoms with van der Waals surface area (Å²) in [5, 5.41) is 46.6. The molecule has 1 aliphatic heterocycles. The van der Waals surface area contributed by atoms with Crippen LogP contribution in [0.15, 0.2) is 36.4 Å². The quantitative estimate of drug-likeness (QED) is 0.197. The fraction of sp³-hybridized carbons (Fsp3) is 0.583. The number of amides is 4. The Hall–Kier alpha value is -4.24. The Labute approximate surface area is 342 Å². The third-order valence-corrected chi connectivity index (χ3v) is 10.9. The fourth-order valence-electron chi connectivity index (χ4n) is 7.55. The van der Waals surface area contributed by atoms with Crippen LogP contribution in [0.5, 0.6) is 17.2 Å². The largest absolute Gasteiger partial charge is 0.507 e. The third-order valence-electron chi connectivity index (χ3n) is 10.9. The minimum Gasteiger partial charge on any atom is -0.507 e. The SMILES string of the molecule is CC(C)(C)c1cc(CN2C(=O)N(Cc3cc(C(C)(C)C)c(O)c(C(C)(C)C)c3)C(O)N(Cc3cc(C(C)(C)C)c(O)c(C(C)(C)C)c3)C2=O)cc(C(C)(C)C)c1O. The molecule has 0 radical (unpaired) electrons. The van der Waals surface area contributed by atoms with Crippen molar-refractivity contribution >= 4 is 12.1 Å². The van der Waals surface area contributed by atoms with Gasteiger partial charge in [-0.15, -0.1) is 0 Å². The normalized spacial score (nSPS) is 15.6. The summed E-state index contributed by atoms with van der Waals surface area (Å²) in [6.07, 6.45) is -1.63. The molecule has 314 valence electrons. The molecule has 1 fully saturated rings. The Morgan fingerprint density at radius 3 is 0.789 bits per heavy atom. The van der Waals surface area contributed by atoms with Crippen molar-refractivity contribution in [3.05, 3.63) is 86.5 Å². The Morgan fingerprint density at radius 1 is 0.404 bits per heavy atom. The van der Waals surface area contributed by atoms with Crippen LogP contribution >= 0.6 is 0 Å². The zero-order chi connectivity index (χ0) is 43.8. The predicted molar refractivity (Wildman–Crippen MR) is 230 cm³/mol. The van der Waals surface area contributed by atoms with Gasteiger partial charge in [0, 0.05) is 0 Å². The van der Waals surface area contributed by atoms with Crippen LogP contribution in [0, 0.1) is 0 Å². The van der Waals surface area contributed by atoms with Gasteiger partial charge in [0.2, 0.25) is 6.35 Å². The molecule has 3 aromatic carbocycles. The average molecular weight is 786 g/mol. The van der Waals surface area contributed by atoms with Crippen molar-refractivity contribution in [2.24, 2.45) is 0 Å². The number of urea groups is 2. The number of carbonyl (C=O) groups excluding carboxylic acids is 2. The van der Waals surface area contributed by atoms with E-state index in [9.17, 15) is 30.0 Å². The second kappa shape index (κ2) is 14.9. The lowest BCUT2D eigenvalue weighted by atomic mass is 9.78. The van der Waals surface area contributed by atoms with E-state index in [4.69, 9.17) is 0 Å². The number of benzene rings is 3. The maximum Gasteiger partial charge on any atom is 0.332 e. The molecule has 9 nitrogen and oxygen atoms in total. The maximum absolute atomic E-state index is 14.7. The van der Waals surface area contributed by atoms with Gasteiger partial charge in [0.15, 0.2) is 0 Å². The van der Waals surface area contributed by atoms with E-state index in [0.29, 0.717) is 27.8 Å². The zero-order valence-corrected chi connectivity index (χ0v) is 38.1. The molecule has 4 N–H and O–H groups in total. The third kappa shape index (κ3) is 9.56. The Morgan fingerprint density at radius 2 is 0.596 bits per heavy atom. The molecule has 9 heteroatoms. The molecule has 0 atom stereocenters. The number of hydrogen-bond acceptors (Lipinski definition) is 6. The lowest BCUT2D eigenvalue weighted by molar-refractivity contribution is -0.101. The monoisotopic (exact) mass is 786 g/mol. The van der Waals surface area contributed by atoms with Gasteiger partial charge in [-0.25, -0.2) is 14.5 Å². The van der Waals surface area contributed by atoms with Gasteiger partial charge in [-0.2, -0.15) is 0 Å². The van der Waals surface area contributed by atoms with Gasteiger partial charge in [0.05, 0.1) is 19.6 Å². The molecule has 0 aromatic heterocycles. The molecule has 3 aromatic rings. The van der Waals surface area contributed by atoms with E-state index in [1.807, 2.05) is 161 Å². The number of nitrogens with zero attached hydrogens (tertiary/aromatic N) is 3. The summed E-state index contributed by atoms with van der Waals surface area (Å²) in [4.78, 5) is 33.3. The van der Waals surface area contributed by atoms with E-state index < -0.39 is 50.9 Å². The maximum atomic E-state index is 14.7. The molecule has 0 unspecified atom stereocenters. The average Bonchev–Trinajstić information content (AvgIpc) is 3.02. The van der Waals surface area contributed by atoms with Crippen LogP contribution in [-0.2, 0) is 52.1 Å². The van der Waals surface area contributed by atoms with E-state index in [2.05, 4.69) is 0 Å². The number of imide groups is 1. The van der Waals surface area contributed by atoms with Gasteiger partial charge in [0.25, 0.3) is 0 Å². The number of aromatic hydroxyl groups is 3. The molecule has 0 spiro atoms. The van der Waals surface area contributed by atoms with Crippen molar-refractivity contribution in [1.82, 2.24) is 14.7 Å². The van der Waals surface area contributed by atoms with Crippen molar-refractivity contribution in [1.29, 1.82) is 0 Å². The van der Waals surface area contributed by atoms with E-state index in [1.54, 1.807) is 0 Å². The van der Waals surface area contributed by atoms with Crippen LogP contribution in [0.2, 0.25) is 0 Å². The molecular formula is C48H71N3O6. The van der Waals surface area contributed by atoms with Crippen molar-refractivity contribution in [3.63, 3.8) is 0 Å². The molecule has 4 rings (SSSR count). The van der Waals surface area contributed by atoms with Crippen LogP contribution in [0.1, 0.15) is 175 Å². The Kier molecular flexibility index (Phi) is 11.8. The highest BCUT2D eigenvalue weighted by molar-refractivity contribution is 5.96. The van der Waals surface area contributed by atoms with E-state index in [-0.39, 0.29) is 36.9 Å². The Bertz CT molecular complexity index is 1810.